The molecule has 122 valence electrons. The molecule has 0 amide bonds. The SMILES string of the molecule is Cc1ccc(Nc2nncc(N(C)Cc3ccccc3)n2)cc1C. The molecule has 3 aromatic rings. The molecule has 0 fully saturated rings. The van der Waals surface area contributed by atoms with E-state index in [0.717, 1.165) is 18.1 Å². The van der Waals surface area contributed by atoms with Crippen LogP contribution in [0.2, 0.25) is 0 Å². The minimum absolute atomic E-state index is 0.496. The molecule has 0 saturated heterocycles. The molecule has 0 atom stereocenters. The van der Waals surface area contributed by atoms with Crippen molar-refractivity contribution in [3.63, 3.8) is 0 Å². The first-order chi connectivity index (χ1) is 11.6. The number of nitrogens with one attached hydrogen (secondary N) is 1. The summed E-state index contributed by atoms with van der Waals surface area (Å²) in [6, 6.07) is 16.5. The molecule has 5 nitrogen and oxygen atoms in total. The minimum atomic E-state index is 0.496. The fourth-order valence-corrected chi connectivity index (χ4v) is 2.42. The highest BCUT2D eigenvalue weighted by Crippen LogP contribution is 2.19. The monoisotopic (exact) mass is 319 g/mol. The Hall–Kier alpha value is -2.95. The quantitative estimate of drug-likeness (QED) is 0.773. The smallest absolute Gasteiger partial charge is 0.249 e. The van der Waals surface area contributed by atoms with Crippen molar-refractivity contribution in [1.82, 2.24) is 15.2 Å². The summed E-state index contributed by atoms with van der Waals surface area (Å²) in [6.45, 7) is 4.95. The van der Waals surface area contributed by atoms with Crippen molar-refractivity contribution in [2.45, 2.75) is 20.4 Å². The van der Waals surface area contributed by atoms with Gasteiger partial charge in [0.2, 0.25) is 5.95 Å². The lowest BCUT2D eigenvalue weighted by molar-refractivity contribution is 0.866. The van der Waals surface area contributed by atoms with Crippen molar-refractivity contribution in [2.24, 2.45) is 0 Å². The van der Waals surface area contributed by atoms with E-state index in [1.165, 1.54) is 16.7 Å². The largest absolute Gasteiger partial charge is 0.354 e. The highest BCUT2D eigenvalue weighted by Gasteiger charge is 2.07. The number of hydrogen-bond acceptors (Lipinski definition) is 5. The maximum Gasteiger partial charge on any atom is 0.249 e. The van der Waals surface area contributed by atoms with Crippen LogP contribution in [-0.4, -0.2) is 22.2 Å². The standard InChI is InChI=1S/C19H21N5/c1-14-9-10-17(11-15(14)2)21-19-22-18(12-20-23-19)24(3)13-16-7-5-4-6-8-16/h4-12H,13H2,1-3H3,(H,21,22,23). The van der Waals surface area contributed by atoms with Crippen LogP contribution in [0.1, 0.15) is 16.7 Å². The molecule has 5 heteroatoms. The Kier molecular flexibility index (Phi) is 4.70. The summed E-state index contributed by atoms with van der Waals surface area (Å²) in [5.41, 5.74) is 4.67. The Morgan fingerprint density at radius 3 is 2.54 bits per heavy atom. The van der Waals surface area contributed by atoms with Crippen LogP contribution < -0.4 is 10.2 Å². The van der Waals surface area contributed by atoms with Crippen molar-refractivity contribution in [1.29, 1.82) is 0 Å². The molecule has 0 aliphatic rings. The molecule has 0 radical (unpaired) electrons. The van der Waals surface area contributed by atoms with Gasteiger partial charge in [-0.3, -0.25) is 0 Å². The van der Waals surface area contributed by atoms with Crippen LogP contribution >= 0.6 is 0 Å². The van der Waals surface area contributed by atoms with Gasteiger partial charge in [0.1, 0.15) is 0 Å². The van der Waals surface area contributed by atoms with Crippen molar-refractivity contribution in [2.75, 3.05) is 17.3 Å². The summed E-state index contributed by atoms with van der Waals surface area (Å²) in [5.74, 6) is 1.27. The lowest BCUT2D eigenvalue weighted by atomic mass is 10.1. The lowest BCUT2D eigenvalue weighted by Crippen LogP contribution is -2.18. The van der Waals surface area contributed by atoms with Gasteiger partial charge in [0.15, 0.2) is 5.82 Å². The summed E-state index contributed by atoms with van der Waals surface area (Å²) in [5, 5.41) is 11.4. The zero-order valence-electron chi connectivity index (χ0n) is 14.2. The highest BCUT2D eigenvalue weighted by molar-refractivity contribution is 5.56. The summed E-state index contributed by atoms with van der Waals surface area (Å²) < 4.78 is 0. The van der Waals surface area contributed by atoms with Gasteiger partial charge in [-0.2, -0.15) is 10.1 Å². The zero-order chi connectivity index (χ0) is 16.9. The van der Waals surface area contributed by atoms with Crippen molar-refractivity contribution >= 4 is 17.5 Å². The van der Waals surface area contributed by atoms with Gasteiger partial charge >= 0.3 is 0 Å². The van der Waals surface area contributed by atoms with E-state index in [1.807, 2.05) is 31.3 Å². The van der Waals surface area contributed by atoms with Crippen LogP contribution in [0.3, 0.4) is 0 Å². The van der Waals surface area contributed by atoms with E-state index >= 15 is 0 Å². The van der Waals surface area contributed by atoms with Gasteiger partial charge in [0.05, 0.1) is 6.20 Å². The van der Waals surface area contributed by atoms with Gasteiger partial charge in [-0.15, -0.1) is 5.10 Å². The van der Waals surface area contributed by atoms with E-state index in [4.69, 9.17) is 0 Å². The molecule has 1 heterocycles. The fourth-order valence-electron chi connectivity index (χ4n) is 2.42. The predicted octanol–water partition coefficient (Wildman–Crippen LogP) is 3.87. The average Bonchev–Trinajstić information content (AvgIpc) is 2.59. The summed E-state index contributed by atoms with van der Waals surface area (Å²) >= 11 is 0. The van der Waals surface area contributed by atoms with Crippen LogP contribution in [-0.2, 0) is 6.54 Å². The first kappa shape index (κ1) is 15.9. The number of hydrogen-bond donors (Lipinski definition) is 1. The van der Waals surface area contributed by atoms with Gasteiger partial charge in [0, 0.05) is 19.3 Å². The first-order valence-corrected chi connectivity index (χ1v) is 7.91. The molecule has 0 spiro atoms. The molecule has 24 heavy (non-hydrogen) atoms. The van der Waals surface area contributed by atoms with Gasteiger partial charge in [0.25, 0.3) is 0 Å². The molecule has 0 aliphatic carbocycles. The highest BCUT2D eigenvalue weighted by atomic mass is 15.3. The third kappa shape index (κ3) is 3.87. The number of anilines is 3. The average molecular weight is 319 g/mol. The van der Waals surface area contributed by atoms with Crippen LogP contribution in [0.5, 0.6) is 0 Å². The predicted molar refractivity (Wildman–Crippen MR) is 97.6 cm³/mol. The van der Waals surface area contributed by atoms with Crippen molar-refractivity contribution in [3.8, 4) is 0 Å². The van der Waals surface area contributed by atoms with Gasteiger partial charge in [-0.05, 0) is 42.7 Å². The second-order valence-electron chi connectivity index (χ2n) is 5.90. The fraction of sp³-hybridized carbons (Fsp3) is 0.211. The third-order valence-corrected chi connectivity index (χ3v) is 3.96. The Morgan fingerprint density at radius 1 is 1.00 bits per heavy atom. The Labute approximate surface area is 142 Å². The number of benzene rings is 2. The Bertz CT molecular complexity index is 817. The molecule has 3 rings (SSSR count). The first-order valence-electron chi connectivity index (χ1n) is 7.91. The molecule has 0 saturated carbocycles. The van der Waals surface area contributed by atoms with Crippen LogP contribution in [0.15, 0.2) is 54.7 Å². The molecule has 1 aromatic heterocycles. The van der Waals surface area contributed by atoms with E-state index in [2.05, 4.69) is 63.5 Å². The number of nitrogens with zero attached hydrogens (tertiary/aromatic N) is 4. The third-order valence-electron chi connectivity index (χ3n) is 3.96. The molecule has 2 aromatic carbocycles. The lowest BCUT2D eigenvalue weighted by Gasteiger charge is -2.18. The number of aromatic nitrogens is 3. The van der Waals surface area contributed by atoms with Crippen LogP contribution in [0, 0.1) is 13.8 Å². The molecule has 0 bridgehead atoms. The van der Waals surface area contributed by atoms with E-state index in [0.29, 0.717) is 5.95 Å². The van der Waals surface area contributed by atoms with Crippen LogP contribution in [0.25, 0.3) is 0 Å². The molecular weight excluding hydrogens is 298 g/mol. The molecule has 1 N–H and O–H groups in total. The van der Waals surface area contributed by atoms with E-state index in [-0.39, 0.29) is 0 Å². The van der Waals surface area contributed by atoms with Crippen LogP contribution in [0.4, 0.5) is 17.5 Å². The number of aryl methyl sites for hydroxylation is 2. The van der Waals surface area contributed by atoms with Crippen molar-refractivity contribution in [3.05, 3.63) is 71.4 Å². The summed E-state index contributed by atoms with van der Waals surface area (Å²) in [4.78, 5) is 6.61. The maximum absolute atomic E-state index is 4.56. The Balaban J connectivity index is 1.74. The number of rotatable bonds is 5. The topological polar surface area (TPSA) is 53.9 Å². The summed E-state index contributed by atoms with van der Waals surface area (Å²) in [6.07, 6.45) is 1.68. The van der Waals surface area contributed by atoms with Gasteiger partial charge < -0.3 is 10.2 Å². The molecule has 0 unspecified atom stereocenters. The molecule has 0 aliphatic heterocycles. The minimum Gasteiger partial charge on any atom is -0.354 e. The van der Waals surface area contributed by atoms with Crippen molar-refractivity contribution < 1.29 is 0 Å². The maximum atomic E-state index is 4.56. The van der Waals surface area contributed by atoms with E-state index in [1.54, 1.807) is 6.20 Å². The van der Waals surface area contributed by atoms with E-state index in [9.17, 15) is 0 Å². The Morgan fingerprint density at radius 2 is 1.79 bits per heavy atom. The second-order valence-corrected chi connectivity index (χ2v) is 5.90. The van der Waals surface area contributed by atoms with Gasteiger partial charge in [-0.25, -0.2) is 0 Å². The summed E-state index contributed by atoms with van der Waals surface area (Å²) in [7, 11) is 2.00. The van der Waals surface area contributed by atoms with Gasteiger partial charge in [-0.1, -0.05) is 36.4 Å². The molecular formula is C19H21N5. The van der Waals surface area contributed by atoms with E-state index < -0.39 is 0 Å². The normalized spacial score (nSPS) is 10.5. The second kappa shape index (κ2) is 7.08. The zero-order valence-corrected chi connectivity index (χ0v) is 14.2.